The second-order valence-electron chi connectivity index (χ2n) is 4.47. The van der Waals surface area contributed by atoms with Crippen LogP contribution in [0, 0.1) is 0 Å². The number of aliphatic hydroxyl groups is 1. The molecule has 0 fully saturated rings. The summed E-state index contributed by atoms with van der Waals surface area (Å²) >= 11 is 0. The number of aryl methyl sites for hydroxylation is 1. The summed E-state index contributed by atoms with van der Waals surface area (Å²) < 4.78 is 2.11. The zero-order chi connectivity index (χ0) is 11.5. The van der Waals surface area contributed by atoms with Crippen molar-refractivity contribution in [2.75, 3.05) is 0 Å². The van der Waals surface area contributed by atoms with Crippen molar-refractivity contribution >= 4 is 10.9 Å². The van der Waals surface area contributed by atoms with Gasteiger partial charge in [0.15, 0.2) is 0 Å². The van der Waals surface area contributed by atoms with Gasteiger partial charge in [0.05, 0.1) is 6.10 Å². The zero-order valence-electron chi connectivity index (χ0n) is 9.98. The Morgan fingerprint density at radius 1 is 1.31 bits per heavy atom. The molecule has 2 nitrogen and oxygen atoms in total. The Hall–Kier alpha value is -1.28. The first-order valence-corrected chi connectivity index (χ1v) is 5.92. The molecule has 2 rings (SSSR count). The Morgan fingerprint density at radius 2 is 2.12 bits per heavy atom. The number of hydrogen-bond acceptors (Lipinski definition) is 1. The SMILES string of the molecule is CCCC(O)Cc1ccc2c(ccn2C)c1. The molecule has 0 aliphatic heterocycles. The smallest absolute Gasteiger partial charge is 0.0580 e. The lowest BCUT2D eigenvalue weighted by Gasteiger charge is -2.09. The van der Waals surface area contributed by atoms with Crippen LogP contribution in [0.25, 0.3) is 10.9 Å². The first kappa shape index (κ1) is 11.2. The summed E-state index contributed by atoms with van der Waals surface area (Å²) in [7, 11) is 2.05. The molecule has 0 saturated heterocycles. The summed E-state index contributed by atoms with van der Waals surface area (Å²) in [6.07, 6.45) is 4.54. The average molecular weight is 217 g/mol. The number of nitrogens with zero attached hydrogens (tertiary/aromatic N) is 1. The predicted molar refractivity (Wildman–Crippen MR) is 67.5 cm³/mol. The second kappa shape index (κ2) is 4.71. The lowest BCUT2D eigenvalue weighted by Crippen LogP contribution is -2.09. The lowest BCUT2D eigenvalue weighted by molar-refractivity contribution is 0.164. The van der Waals surface area contributed by atoms with Crippen molar-refractivity contribution in [3.05, 3.63) is 36.0 Å². The molecule has 2 aromatic rings. The largest absolute Gasteiger partial charge is 0.393 e. The van der Waals surface area contributed by atoms with Gasteiger partial charge in [-0.05, 0) is 42.0 Å². The Kier molecular flexibility index (Phi) is 3.30. The summed E-state index contributed by atoms with van der Waals surface area (Å²) in [5, 5.41) is 11.0. The number of aromatic nitrogens is 1. The molecule has 1 aromatic heterocycles. The van der Waals surface area contributed by atoms with Crippen LogP contribution in [-0.2, 0) is 13.5 Å². The minimum Gasteiger partial charge on any atom is -0.393 e. The Balaban J connectivity index is 2.19. The highest BCUT2D eigenvalue weighted by atomic mass is 16.3. The summed E-state index contributed by atoms with van der Waals surface area (Å²) in [6, 6.07) is 8.53. The van der Waals surface area contributed by atoms with Crippen LogP contribution in [0.4, 0.5) is 0 Å². The number of aliphatic hydroxyl groups excluding tert-OH is 1. The minimum atomic E-state index is -0.203. The van der Waals surface area contributed by atoms with Crippen molar-refractivity contribution in [2.24, 2.45) is 7.05 Å². The topological polar surface area (TPSA) is 25.2 Å². The monoisotopic (exact) mass is 217 g/mol. The van der Waals surface area contributed by atoms with E-state index in [1.54, 1.807) is 0 Å². The van der Waals surface area contributed by atoms with Gasteiger partial charge in [-0.25, -0.2) is 0 Å². The van der Waals surface area contributed by atoms with Gasteiger partial charge in [-0.15, -0.1) is 0 Å². The molecular weight excluding hydrogens is 198 g/mol. The molecule has 0 saturated carbocycles. The highest BCUT2D eigenvalue weighted by Crippen LogP contribution is 2.18. The van der Waals surface area contributed by atoms with Gasteiger partial charge in [-0.3, -0.25) is 0 Å². The molecular formula is C14H19NO. The van der Waals surface area contributed by atoms with Gasteiger partial charge in [0, 0.05) is 18.8 Å². The first-order valence-electron chi connectivity index (χ1n) is 5.92. The Morgan fingerprint density at radius 3 is 2.88 bits per heavy atom. The van der Waals surface area contributed by atoms with Crippen molar-refractivity contribution in [2.45, 2.75) is 32.3 Å². The fourth-order valence-electron chi connectivity index (χ4n) is 2.17. The third kappa shape index (κ3) is 2.27. The maximum absolute atomic E-state index is 9.77. The van der Waals surface area contributed by atoms with E-state index in [0.29, 0.717) is 0 Å². The van der Waals surface area contributed by atoms with E-state index in [2.05, 4.69) is 42.0 Å². The van der Waals surface area contributed by atoms with Crippen molar-refractivity contribution in [1.29, 1.82) is 0 Å². The number of benzene rings is 1. The Labute approximate surface area is 96.5 Å². The highest BCUT2D eigenvalue weighted by molar-refractivity contribution is 5.80. The van der Waals surface area contributed by atoms with Crippen LogP contribution in [0.15, 0.2) is 30.5 Å². The van der Waals surface area contributed by atoms with Gasteiger partial charge in [0.25, 0.3) is 0 Å². The first-order chi connectivity index (χ1) is 7.70. The average Bonchev–Trinajstić information content (AvgIpc) is 2.60. The third-order valence-electron chi connectivity index (χ3n) is 3.04. The maximum atomic E-state index is 9.77. The molecule has 16 heavy (non-hydrogen) atoms. The molecule has 0 spiro atoms. The van der Waals surface area contributed by atoms with Gasteiger partial charge in [-0.1, -0.05) is 19.4 Å². The van der Waals surface area contributed by atoms with Crippen LogP contribution in [0.2, 0.25) is 0 Å². The van der Waals surface area contributed by atoms with Gasteiger partial charge in [0.2, 0.25) is 0 Å². The van der Waals surface area contributed by atoms with Crippen molar-refractivity contribution < 1.29 is 5.11 Å². The normalized spacial score (nSPS) is 13.2. The number of hydrogen-bond donors (Lipinski definition) is 1. The molecule has 0 amide bonds. The maximum Gasteiger partial charge on any atom is 0.0580 e. The van der Waals surface area contributed by atoms with E-state index in [0.717, 1.165) is 19.3 Å². The molecule has 2 heteroatoms. The summed E-state index contributed by atoms with van der Waals surface area (Å²) in [6.45, 7) is 2.10. The summed E-state index contributed by atoms with van der Waals surface area (Å²) in [5.41, 5.74) is 2.47. The van der Waals surface area contributed by atoms with Crippen molar-refractivity contribution in [1.82, 2.24) is 4.57 Å². The molecule has 1 heterocycles. The quantitative estimate of drug-likeness (QED) is 0.837. The van der Waals surface area contributed by atoms with Gasteiger partial charge in [-0.2, -0.15) is 0 Å². The van der Waals surface area contributed by atoms with Crippen LogP contribution in [0.1, 0.15) is 25.3 Å². The molecule has 0 aliphatic rings. The zero-order valence-corrected chi connectivity index (χ0v) is 9.98. The molecule has 0 bridgehead atoms. The van der Waals surface area contributed by atoms with Crippen molar-refractivity contribution in [3.8, 4) is 0 Å². The van der Waals surface area contributed by atoms with E-state index in [1.807, 2.05) is 7.05 Å². The predicted octanol–water partition coefficient (Wildman–Crippen LogP) is 2.88. The van der Waals surface area contributed by atoms with Gasteiger partial charge < -0.3 is 9.67 Å². The molecule has 0 aliphatic carbocycles. The van der Waals surface area contributed by atoms with Crippen LogP contribution in [-0.4, -0.2) is 15.8 Å². The third-order valence-corrected chi connectivity index (χ3v) is 3.04. The fraction of sp³-hybridized carbons (Fsp3) is 0.429. The van der Waals surface area contributed by atoms with Gasteiger partial charge in [0.1, 0.15) is 0 Å². The van der Waals surface area contributed by atoms with Crippen LogP contribution in [0.5, 0.6) is 0 Å². The summed E-state index contributed by atoms with van der Waals surface area (Å²) in [5.74, 6) is 0. The van der Waals surface area contributed by atoms with E-state index < -0.39 is 0 Å². The minimum absolute atomic E-state index is 0.203. The highest BCUT2D eigenvalue weighted by Gasteiger charge is 2.05. The number of fused-ring (bicyclic) bond motifs is 1. The van der Waals surface area contributed by atoms with Crippen molar-refractivity contribution in [3.63, 3.8) is 0 Å². The molecule has 1 atom stereocenters. The van der Waals surface area contributed by atoms with E-state index in [-0.39, 0.29) is 6.10 Å². The molecule has 1 aromatic carbocycles. The van der Waals surface area contributed by atoms with E-state index in [4.69, 9.17) is 0 Å². The lowest BCUT2D eigenvalue weighted by atomic mass is 10.0. The molecule has 0 radical (unpaired) electrons. The molecule has 1 N–H and O–H groups in total. The fourth-order valence-corrected chi connectivity index (χ4v) is 2.17. The second-order valence-corrected chi connectivity index (χ2v) is 4.47. The van der Waals surface area contributed by atoms with Crippen LogP contribution >= 0.6 is 0 Å². The molecule has 1 unspecified atom stereocenters. The van der Waals surface area contributed by atoms with E-state index in [1.165, 1.54) is 16.5 Å². The van der Waals surface area contributed by atoms with Crippen LogP contribution in [0.3, 0.4) is 0 Å². The van der Waals surface area contributed by atoms with E-state index >= 15 is 0 Å². The van der Waals surface area contributed by atoms with Crippen LogP contribution < -0.4 is 0 Å². The Bertz CT molecular complexity index is 473. The standard InChI is InChI=1S/C14H19NO/c1-3-4-13(16)10-11-5-6-14-12(9-11)7-8-15(14)2/h5-9,13,16H,3-4,10H2,1-2H3. The number of rotatable bonds is 4. The summed E-state index contributed by atoms with van der Waals surface area (Å²) in [4.78, 5) is 0. The van der Waals surface area contributed by atoms with Gasteiger partial charge >= 0.3 is 0 Å². The molecule has 86 valence electrons. The van der Waals surface area contributed by atoms with E-state index in [9.17, 15) is 5.11 Å².